The van der Waals surface area contributed by atoms with Crippen molar-refractivity contribution in [2.45, 2.75) is 93.1 Å². The first kappa shape index (κ1) is 49.1. The summed E-state index contributed by atoms with van der Waals surface area (Å²) in [5.74, 6) is -0.400. The quantitative estimate of drug-likeness (QED) is 0.0472. The Morgan fingerprint density at radius 2 is 1.39 bits per heavy atom. The highest BCUT2D eigenvalue weighted by atomic mass is 16.6. The van der Waals surface area contributed by atoms with E-state index in [-0.39, 0.29) is 49.9 Å². The molecule has 7 rings (SSSR count). The standard InChI is InChI=1S/C48H59N13O8/c1-9-60-35(21-28(3)56-60)43-52-27-33-32-23-30(41(49)62)25-37(67-19-13-15-51-47(65)69-48(5,6)7)39(32)58(44(33)54-43)16-11-12-17-59-40-34(24-31(42(50)63)26-38(40)68-20-14-18-66-8)53-46(59)55-45(64)36-22-29(4)57-61(36)10-2/h11-12,21-27H,9-10,13-20H2,1-8H3,(H2,49,62)(H2,50,63)(H,51,65)(H,53,55,64)/b12-11+. The van der Waals surface area contributed by atoms with Gasteiger partial charge in [-0.2, -0.15) is 10.2 Å². The van der Waals surface area contributed by atoms with E-state index >= 15 is 0 Å². The van der Waals surface area contributed by atoms with Gasteiger partial charge < -0.3 is 44.9 Å². The van der Waals surface area contributed by atoms with Gasteiger partial charge in [0.2, 0.25) is 17.8 Å². The number of benzene rings is 2. The summed E-state index contributed by atoms with van der Waals surface area (Å²) < 4.78 is 30.4. The Morgan fingerprint density at radius 3 is 2.06 bits per heavy atom. The molecule has 5 aromatic heterocycles. The third-order valence-electron chi connectivity index (χ3n) is 10.9. The molecule has 0 bridgehead atoms. The second kappa shape index (κ2) is 21.0. The Bertz CT molecular complexity index is 3080. The highest BCUT2D eigenvalue weighted by Crippen LogP contribution is 2.37. The Balaban J connectivity index is 1.31. The molecular weight excluding hydrogens is 887 g/mol. The van der Waals surface area contributed by atoms with Crippen LogP contribution in [0.2, 0.25) is 0 Å². The number of alkyl carbamates (subject to hydrolysis) is 1. The predicted octanol–water partition coefficient (Wildman–Crippen LogP) is 6.07. The van der Waals surface area contributed by atoms with Crippen molar-refractivity contribution in [3.05, 3.63) is 83.0 Å². The van der Waals surface area contributed by atoms with E-state index in [0.29, 0.717) is 94.2 Å². The Labute approximate surface area is 398 Å². The summed E-state index contributed by atoms with van der Waals surface area (Å²) in [7, 11) is 1.60. The van der Waals surface area contributed by atoms with E-state index in [1.54, 1.807) is 73.7 Å². The van der Waals surface area contributed by atoms with Gasteiger partial charge in [-0.3, -0.25) is 29.1 Å². The molecule has 0 saturated heterocycles. The van der Waals surface area contributed by atoms with Crippen LogP contribution in [0.25, 0.3) is 44.5 Å². The molecule has 0 aliphatic rings. The summed E-state index contributed by atoms with van der Waals surface area (Å²) >= 11 is 0. The zero-order valence-electron chi connectivity index (χ0n) is 40.2. The fourth-order valence-electron chi connectivity index (χ4n) is 7.88. The number of nitrogens with zero attached hydrogens (tertiary/aromatic N) is 9. The van der Waals surface area contributed by atoms with E-state index in [4.69, 9.17) is 45.4 Å². The lowest BCUT2D eigenvalue weighted by molar-refractivity contribution is 0.0525. The van der Waals surface area contributed by atoms with Crippen LogP contribution in [-0.4, -0.2) is 107 Å². The summed E-state index contributed by atoms with van der Waals surface area (Å²) in [6, 6.07) is 10.1. The minimum absolute atomic E-state index is 0.171. The van der Waals surface area contributed by atoms with Crippen molar-refractivity contribution in [3.63, 3.8) is 0 Å². The highest BCUT2D eigenvalue weighted by Gasteiger charge is 2.24. The van der Waals surface area contributed by atoms with Crippen molar-refractivity contribution < 1.29 is 38.1 Å². The van der Waals surface area contributed by atoms with Crippen LogP contribution in [-0.2, 0) is 35.7 Å². The molecule has 5 heterocycles. The predicted molar refractivity (Wildman–Crippen MR) is 260 cm³/mol. The summed E-state index contributed by atoms with van der Waals surface area (Å²) in [4.78, 5) is 66.2. The molecule has 364 valence electrons. The van der Waals surface area contributed by atoms with Crippen LogP contribution in [0, 0.1) is 13.8 Å². The van der Waals surface area contributed by atoms with Gasteiger partial charge in [0.15, 0.2) is 5.82 Å². The lowest BCUT2D eigenvalue weighted by atomic mass is 10.1. The van der Waals surface area contributed by atoms with Crippen molar-refractivity contribution in [3.8, 4) is 23.0 Å². The molecule has 0 saturated carbocycles. The molecule has 2 aromatic carbocycles. The number of anilines is 1. The fraction of sp³-hybridized carbons (Fsp3) is 0.396. The maximum atomic E-state index is 13.9. The zero-order chi connectivity index (χ0) is 49.6. The molecule has 21 nitrogen and oxygen atoms in total. The lowest BCUT2D eigenvalue weighted by Crippen LogP contribution is -2.33. The number of allylic oxidation sites excluding steroid dienone is 2. The van der Waals surface area contributed by atoms with Crippen LogP contribution in [0.4, 0.5) is 10.7 Å². The van der Waals surface area contributed by atoms with Crippen molar-refractivity contribution in [1.82, 2.24) is 49.0 Å². The summed E-state index contributed by atoms with van der Waals surface area (Å²) in [5.41, 5.74) is 16.0. The van der Waals surface area contributed by atoms with E-state index in [2.05, 4.69) is 20.8 Å². The van der Waals surface area contributed by atoms with Crippen LogP contribution in [0.1, 0.15) is 90.1 Å². The summed E-state index contributed by atoms with van der Waals surface area (Å²) in [5, 5.41) is 16.1. The van der Waals surface area contributed by atoms with Crippen molar-refractivity contribution in [1.29, 1.82) is 0 Å². The van der Waals surface area contributed by atoms with Crippen LogP contribution in [0.3, 0.4) is 0 Å². The number of aryl methyl sites for hydroxylation is 4. The van der Waals surface area contributed by atoms with Gasteiger partial charge >= 0.3 is 6.09 Å². The lowest BCUT2D eigenvalue weighted by Gasteiger charge is -2.19. The zero-order valence-corrected chi connectivity index (χ0v) is 40.2. The number of imidazole rings is 1. The van der Waals surface area contributed by atoms with Gasteiger partial charge in [0, 0.05) is 81.0 Å². The molecule has 6 N–H and O–H groups in total. The van der Waals surface area contributed by atoms with Crippen LogP contribution in [0.15, 0.2) is 54.7 Å². The summed E-state index contributed by atoms with van der Waals surface area (Å²) in [6.45, 7) is 15.6. The number of nitrogens with two attached hydrogens (primary N) is 2. The van der Waals surface area contributed by atoms with Gasteiger partial charge in [-0.15, -0.1) is 0 Å². The van der Waals surface area contributed by atoms with Gasteiger partial charge in [-0.1, -0.05) is 12.2 Å². The number of rotatable bonds is 21. The smallest absolute Gasteiger partial charge is 0.407 e. The Morgan fingerprint density at radius 1 is 0.754 bits per heavy atom. The molecule has 0 fully saturated rings. The number of hydrogen-bond donors (Lipinski definition) is 4. The molecule has 0 atom stereocenters. The van der Waals surface area contributed by atoms with Crippen LogP contribution in [0.5, 0.6) is 11.5 Å². The minimum Gasteiger partial charge on any atom is -0.491 e. The molecule has 7 aromatic rings. The average molecular weight is 946 g/mol. The molecule has 4 amide bonds. The molecule has 21 heteroatoms. The van der Waals surface area contributed by atoms with Crippen LogP contribution < -0.4 is 31.6 Å². The van der Waals surface area contributed by atoms with Crippen molar-refractivity contribution >= 4 is 62.7 Å². The first-order valence-corrected chi connectivity index (χ1v) is 22.7. The molecule has 0 aliphatic carbocycles. The first-order valence-electron chi connectivity index (χ1n) is 22.7. The fourth-order valence-corrected chi connectivity index (χ4v) is 7.88. The molecule has 0 spiro atoms. The molecule has 69 heavy (non-hydrogen) atoms. The van der Waals surface area contributed by atoms with Crippen molar-refractivity contribution in [2.75, 3.05) is 38.8 Å². The minimum atomic E-state index is -0.669. The van der Waals surface area contributed by atoms with E-state index in [1.165, 1.54) is 0 Å². The van der Waals surface area contributed by atoms with E-state index < -0.39 is 29.4 Å². The average Bonchev–Trinajstić information content (AvgIpc) is 4.06. The number of ether oxygens (including phenoxy) is 4. The van der Waals surface area contributed by atoms with Gasteiger partial charge in [0.05, 0.1) is 35.6 Å². The monoisotopic (exact) mass is 945 g/mol. The highest BCUT2D eigenvalue weighted by molar-refractivity contribution is 6.12. The second-order valence-electron chi connectivity index (χ2n) is 17.3. The Kier molecular flexibility index (Phi) is 15.0. The van der Waals surface area contributed by atoms with E-state index in [1.807, 2.05) is 55.2 Å². The molecule has 0 unspecified atom stereocenters. The number of methoxy groups -OCH3 is 1. The third kappa shape index (κ3) is 11.2. The van der Waals surface area contributed by atoms with E-state index in [0.717, 1.165) is 11.4 Å². The van der Waals surface area contributed by atoms with Crippen molar-refractivity contribution in [2.24, 2.45) is 11.5 Å². The second-order valence-corrected chi connectivity index (χ2v) is 17.3. The number of carbonyl (C=O) groups excluding carboxylic acids is 4. The number of fused-ring (bicyclic) bond motifs is 4. The summed E-state index contributed by atoms with van der Waals surface area (Å²) in [6.07, 6.45) is 6.00. The largest absolute Gasteiger partial charge is 0.491 e. The number of aromatic nitrogens is 9. The normalized spacial score (nSPS) is 11.8. The molecule has 0 aliphatic heterocycles. The Hall–Kier alpha value is -7.81. The topological polar surface area (TPSA) is 265 Å². The maximum Gasteiger partial charge on any atom is 0.407 e. The SMILES string of the molecule is CCn1nc(C)cc1C(=O)Nc1nc2cc(C(N)=O)cc(OCCCOC)c2n1C/C=C/Cn1c2nc(-c3cc(C)nn3CC)ncc2c2cc(C(N)=O)cc(OCCCNC(=O)OC(C)(C)C)c21. The van der Waals surface area contributed by atoms with Gasteiger partial charge in [0.25, 0.3) is 5.91 Å². The first-order chi connectivity index (χ1) is 33.0. The van der Waals surface area contributed by atoms with Gasteiger partial charge in [-0.25, -0.2) is 19.7 Å². The van der Waals surface area contributed by atoms with Gasteiger partial charge in [0.1, 0.15) is 39.7 Å². The van der Waals surface area contributed by atoms with Gasteiger partial charge in [-0.05, 0) is 91.3 Å². The number of primary amides is 2. The molecular formula is C48H59N13O8. The number of nitrogens with one attached hydrogen (secondary N) is 2. The number of carbonyl (C=O) groups is 4. The third-order valence-corrected chi connectivity index (χ3v) is 10.9. The number of hydrogen-bond acceptors (Lipinski definition) is 13. The van der Waals surface area contributed by atoms with Crippen LogP contribution >= 0.6 is 0 Å². The molecule has 0 radical (unpaired) electrons. The maximum absolute atomic E-state index is 13.9. The van der Waals surface area contributed by atoms with E-state index in [9.17, 15) is 19.2 Å². The number of amides is 4.